The molecular weight excluding hydrogens is 499 g/mol. The van der Waals surface area contributed by atoms with Crippen LogP contribution in [0.25, 0.3) is 0 Å². The lowest BCUT2D eigenvalue weighted by Gasteiger charge is -2.46. The summed E-state index contributed by atoms with van der Waals surface area (Å²) < 4.78 is 245. The summed E-state index contributed by atoms with van der Waals surface area (Å²) in [5, 5.41) is -8.20. The van der Waals surface area contributed by atoms with E-state index in [1.54, 1.807) is 0 Å². The molecule has 0 aromatic carbocycles. The molecule has 1 unspecified atom stereocenters. The summed E-state index contributed by atoms with van der Waals surface area (Å²) in [5.41, 5.74) is -9.33. The van der Waals surface area contributed by atoms with Crippen molar-refractivity contribution in [3.05, 3.63) is 0 Å². The molecule has 0 amide bonds. The largest absolute Gasteiger partial charge is 0.460 e. The van der Waals surface area contributed by atoms with Gasteiger partial charge in [-0.25, -0.2) is 4.39 Å². The molecule has 0 aliphatic carbocycles. The van der Waals surface area contributed by atoms with Crippen molar-refractivity contribution in [2.24, 2.45) is 0 Å². The van der Waals surface area contributed by atoms with Crippen LogP contribution in [0.2, 0.25) is 0 Å². The van der Waals surface area contributed by atoms with E-state index in [9.17, 15) is 83.1 Å². The first-order chi connectivity index (χ1) is 12.0. The Morgan fingerprint density at radius 1 is 0.448 bits per heavy atom. The minimum atomic E-state index is -9.33. The second-order valence-corrected chi connectivity index (χ2v) is 6.41. The van der Waals surface area contributed by atoms with Gasteiger partial charge in [-0.05, 0) is 0 Å². The Labute approximate surface area is 146 Å². The SMILES string of the molecule is O=S(=O)(O)C(F)(F)C(F)(F)C(F)(C(F)(F)C(F)(F)F)C(F)(F)C(F)(F)C(F)(F)F. The smallest absolute Gasteiger partial charge is 0.281 e. The Kier molecular flexibility index (Phi) is 6.08. The van der Waals surface area contributed by atoms with E-state index in [1.165, 1.54) is 0 Å². The molecule has 1 atom stereocenters. The molecule has 0 aliphatic heterocycles. The van der Waals surface area contributed by atoms with Crippen LogP contribution in [0.15, 0.2) is 0 Å². The van der Waals surface area contributed by atoms with E-state index in [1.807, 2.05) is 0 Å². The fourth-order valence-corrected chi connectivity index (χ4v) is 2.01. The Bertz CT molecular complexity index is 731. The number of halogens is 17. The van der Waals surface area contributed by atoms with Gasteiger partial charge in [0.05, 0.1) is 0 Å². The third-order valence-electron chi connectivity index (χ3n) is 3.09. The summed E-state index contributed by atoms with van der Waals surface area (Å²) in [7, 11) is -8.17. The molecule has 0 aromatic rings. The standard InChI is InChI=1S/C8HF17O3S/c9-1(3(12,13)6(18,19)20,2(10,11)5(16,17)7(21,22)23)4(14,15)8(24,25)29(26,27)28/h(H,26,27,28). The van der Waals surface area contributed by atoms with Crippen LogP contribution in [0, 0.1) is 0 Å². The molecule has 0 heterocycles. The predicted octanol–water partition coefficient (Wildman–Crippen LogP) is 4.84. The molecule has 21 heteroatoms. The highest BCUT2D eigenvalue weighted by Gasteiger charge is 3.00. The molecule has 0 radical (unpaired) electrons. The fraction of sp³-hybridized carbons (Fsp3) is 1.00. The van der Waals surface area contributed by atoms with E-state index in [0.29, 0.717) is 0 Å². The van der Waals surface area contributed by atoms with Gasteiger partial charge in [-0.3, -0.25) is 4.55 Å². The van der Waals surface area contributed by atoms with Crippen molar-refractivity contribution in [2.45, 2.75) is 47.0 Å². The lowest BCUT2D eigenvalue weighted by molar-refractivity contribution is -0.463. The zero-order valence-electron chi connectivity index (χ0n) is 12.1. The molecular formula is C8HF17O3S. The van der Waals surface area contributed by atoms with Crippen LogP contribution in [0.5, 0.6) is 0 Å². The van der Waals surface area contributed by atoms with E-state index in [4.69, 9.17) is 4.55 Å². The lowest BCUT2D eigenvalue weighted by atomic mass is 9.79. The lowest BCUT2D eigenvalue weighted by Crippen LogP contribution is -2.80. The van der Waals surface area contributed by atoms with Crippen LogP contribution in [0.1, 0.15) is 0 Å². The van der Waals surface area contributed by atoms with E-state index in [-0.39, 0.29) is 0 Å². The molecule has 0 spiro atoms. The summed E-state index contributed by atoms with van der Waals surface area (Å²) >= 11 is 0. The van der Waals surface area contributed by atoms with Crippen LogP contribution in [0.4, 0.5) is 74.6 Å². The van der Waals surface area contributed by atoms with Crippen molar-refractivity contribution in [3.8, 4) is 0 Å². The summed E-state index contributed by atoms with van der Waals surface area (Å²) in [6.45, 7) is 0. The second-order valence-electron chi connectivity index (χ2n) is 4.94. The van der Waals surface area contributed by atoms with E-state index < -0.39 is 57.1 Å². The second kappa shape index (κ2) is 6.36. The van der Waals surface area contributed by atoms with Gasteiger partial charge in [0.1, 0.15) is 0 Å². The summed E-state index contributed by atoms with van der Waals surface area (Å²) in [4.78, 5) is 0. The Morgan fingerprint density at radius 2 is 0.724 bits per heavy atom. The normalized spacial score (nSPS) is 18.6. The topological polar surface area (TPSA) is 54.4 Å². The van der Waals surface area contributed by atoms with E-state index in [0.717, 1.165) is 0 Å². The van der Waals surface area contributed by atoms with Crippen molar-refractivity contribution in [2.75, 3.05) is 0 Å². The molecule has 0 aliphatic rings. The van der Waals surface area contributed by atoms with Crippen molar-refractivity contribution in [1.82, 2.24) is 0 Å². The number of alkyl halides is 17. The quantitative estimate of drug-likeness (QED) is 0.420. The molecule has 1 N–H and O–H groups in total. The third kappa shape index (κ3) is 3.26. The monoisotopic (exact) mass is 500 g/mol. The van der Waals surface area contributed by atoms with Crippen molar-refractivity contribution >= 4 is 10.1 Å². The molecule has 0 saturated heterocycles. The summed E-state index contributed by atoms with van der Waals surface area (Å²) in [6.07, 6.45) is -16.4. The highest BCUT2D eigenvalue weighted by atomic mass is 32.2. The number of hydrogen-bond acceptors (Lipinski definition) is 2. The van der Waals surface area contributed by atoms with Crippen LogP contribution in [0.3, 0.4) is 0 Å². The molecule has 176 valence electrons. The summed E-state index contributed by atoms with van der Waals surface area (Å²) in [6, 6.07) is 0. The van der Waals surface area contributed by atoms with Crippen molar-refractivity contribution < 1.29 is 87.6 Å². The first kappa shape index (κ1) is 27.7. The van der Waals surface area contributed by atoms with Gasteiger partial charge in [0.15, 0.2) is 0 Å². The molecule has 0 bridgehead atoms. The fourth-order valence-electron chi connectivity index (χ4n) is 1.54. The molecule has 3 nitrogen and oxygen atoms in total. The molecule has 0 rings (SSSR count). The highest BCUT2D eigenvalue weighted by molar-refractivity contribution is 7.87. The maximum absolute atomic E-state index is 13.9. The minimum absolute atomic E-state index is 7.74. The number of hydrogen-bond donors (Lipinski definition) is 1. The van der Waals surface area contributed by atoms with Crippen molar-refractivity contribution in [3.63, 3.8) is 0 Å². The first-order valence-corrected chi connectivity index (χ1v) is 7.12. The van der Waals surface area contributed by atoms with Crippen LogP contribution in [-0.4, -0.2) is 59.9 Å². The molecule has 29 heavy (non-hydrogen) atoms. The van der Waals surface area contributed by atoms with Gasteiger partial charge in [-0.1, -0.05) is 0 Å². The summed E-state index contributed by atoms with van der Waals surface area (Å²) in [5.74, 6) is -35.6. The Hall–Kier alpha value is -1.28. The zero-order valence-corrected chi connectivity index (χ0v) is 12.9. The van der Waals surface area contributed by atoms with Gasteiger partial charge < -0.3 is 0 Å². The van der Waals surface area contributed by atoms with Gasteiger partial charge >= 0.3 is 57.1 Å². The maximum atomic E-state index is 13.9. The molecule has 0 saturated carbocycles. The Balaban J connectivity index is 7.67. The van der Waals surface area contributed by atoms with Gasteiger partial charge in [0, 0.05) is 0 Å². The minimum Gasteiger partial charge on any atom is -0.281 e. The third-order valence-corrected chi connectivity index (χ3v) is 4.00. The van der Waals surface area contributed by atoms with Crippen LogP contribution < -0.4 is 0 Å². The predicted molar refractivity (Wildman–Crippen MR) is 52.2 cm³/mol. The van der Waals surface area contributed by atoms with Crippen molar-refractivity contribution in [1.29, 1.82) is 0 Å². The average molecular weight is 500 g/mol. The van der Waals surface area contributed by atoms with Gasteiger partial charge in [-0.2, -0.15) is 78.7 Å². The van der Waals surface area contributed by atoms with Gasteiger partial charge in [0.2, 0.25) is 0 Å². The molecule has 0 aromatic heterocycles. The molecule has 0 fully saturated rings. The van der Waals surface area contributed by atoms with Crippen LogP contribution in [-0.2, 0) is 10.1 Å². The zero-order chi connectivity index (χ0) is 24.5. The average Bonchev–Trinajstić information content (AvgIpc) is 2.41. The Morgan fingerprint density at radius 3 is 0.931 bits per heavy atom. The first-order valence-electron chi connectivity index (χ1n) is 5.68. The van der Waals surface area contributed by atoms with Gasteiger partial charge in [0.25, 0.3) is 0 Å². The van der Waals surface area contributed by atoms with E-state index in [2.05, 4.69) is 0 Å². The van der Waals surface area contributed by atoms with E-state index >= 15 is 0 Å². The maximum Gasteiger partial charge on any atom is 0.460 e. The van der Waals surface area contributed by atoms with Gasteiger partial charge in [-0.15, -0.1) is 0 Å². The van der Waals surface area contributed by atoms with Crippen LogP contribution >= 0.6 is 0 Å². The highest BCUT2D eigenvalue weighted by Crippen LogP contribution is 2.67. The number of rotatable bonds is 6.